The summed E-state index contributed by atoms with van der Waals surface area (Å²) in [5, 5.41) is 7.98. The van der Waals surface area contributed by atoms with Crippen LogP contribution in [0.25, 0.3) is 0 Å². The van der Waals surface area contributed by atoms with E-state index in [4.69, 9.17) is 0 Å². The first-order valence-electron chi connectivity index (χ1n) is 6.76. The Morgan fingerprint density at radius 3 is 2.72 bits per heavy atom. The summed E-state index contributed by atoms with van der Waals surface area (Å²) in [5.41, 5.74) is 1.53. The second kappa shape index (κ2) is 7.61. The molecule has 1 rings (SSSR count). The van der Waals surface area contributed by atoms with Gasteiger partial charge in [-0.3, -0.25) is 0 Å². The van der Waals surface area contributed by atoms with Crippen LogP contribution >= 0.6 is 11.3 Å². The lowest BCUT2D eigenvalue weighted by Gasteiger charge is -2.15. The topological polar surface area (TPSA) is 12.0 Å². The van der Waals surface area contributed by atoms with Gasteiger partial charge in [-0.15, -0.1) is 5.92 Å². The molecule has 0 aliphatic heterocycles. The molecule has 0 radical (unpaired) electrons. The maximum atomic E-state index is 3.60. The Morgan fingerprint density at radius 2 is 2.17 bits per heavy atom. The number of rotatable bonds is 6. The predicted molar refractivity (Wildman–Crippen MR) is 82.0 cm³/mol. The van der Waals surface area contributed by atoms with Crippen LogP contribution in [0.1, 0.15) is 46.1 Å². The van der Waals surface area contributed by atoms with E-state index in [2.05, 4.69) is 61.7 Å². The summed E-state index contributed by atoms with van der Waals surface area (Å²) in [7, 11) is 0. The molecule has 0 saturated heterocycles. The van der Waals surface area contributed by atoms with Crippen LogP contribution in [0, 0.1) is 17.3 Å². The van der Waals surface area contributed by atoms with Crippen LogP contribution in [0.2, 0.25) is 0 Å². The van der Waals surface area contributed by atoms with Gasteiger partial charge in [0.05, 0.1) is 0 Å². The lowest BCUT2D eigenvalue weighted by atomic mass is 9.97. The van der Waals surface area contributed by atoms with E-state index >= 15 is 0 Å². The fraction of sp³-hybridized carbons (Fsp3) is 0.625. The molecular formula is C16H25NS. The van der Waals surface area contributed by atoms with Gasteiger partial charge in [0.2, 0.25) is 0 Å². The molecular weight excluding hydrogens is 238 g/mol. The summed E-state index contributed by atoms with van der Waals surface area (Å²) in [6.45, 7) is 9.76. The summed E-state index contributed by atoms with van der Waals surface area (Å²) in [6, 6.07) is 2.69. The van der Waals surface area contributed by atoms with Crippen molar-refractivity contribution in [2.24, 2.45) is 5.41 Å². The number of nitrogens with one attached hydrogen (secondary N) is 1. The first kappa shape index (κ1) is 15.3. The molecule has 1 aromatic heterocycles. The summed E-state index contributed by atoms with van der Waals surface area (Å²) in [6.07, 6.45) is 3.20. The van der Waals surface area contributed by atoms with Crippen LogP contribution in [0.15, 0.2) is 16.8 Å². The van der Waals surface area contributed by atoms with Crippen molar-refractivity contribution in [3.8, 4) is 11.8 Å². The van der Waals surface area contributed by atoms with Crippen molar-refractivity contribution in [1.29, 1.82) is 0 Å². The first-order valence-corrected chi connectivity index (χ1v) is 7.70. The molecule has 18 heavy (non-hydrogen) atoms. The zero-order chi connectivity index (χ0) is 13.4. The van der Waals surface area contributed by atoms with E-state index in [1.54, 1.807) is 11.3 Å². The van der Waals surface area contributed by atoms with Gasteiger partial charge in [-0.25, -0.2) is 0 Å². The van der Waals surface area contributed by atoms with Crippen molar-refractivity contribution in [1.82, 2.24) is 5.32 Å². The maximum Gasteiger partial charge on any atom is 0.0246 e. The van der Waals surface area contributed by atoms with Crippen LogP contribution in [-0.2, 0) is 6.42 Å². The molecule has 0 spiro atoms. The third-order valence-corrected chi connectivity index (χ3v) is 3.29. The molecule has 1 N–H and O–H groups in total. The molecule has 0 bridgehead atoms. The Bertz CT molecular complexity index is 375. The zero-order valence-corrected chi connectivity index (χ0v) is 12.9. The van der Waals surface area contributed by atoms with Crippen LogP contribution in [0.5, 0.6) is 0 Å². The summed E-state index contributed by atoms with van der Waals surface area (Å²) in [5.74, 6) is 6.66. The Balaban J connectivity index is 2.52. The van der Waals surface area contributed by atoms with Crippen molar-refractivity contribution >= 4 is 11.3 Å². The largest absolute Gasteiger partial charge is 0.313 e. The van der Waals surface area contributed by atoms with E-state index in [1.165, 1.54) is 12.0 Å². The SMILES string of the molecule is CCCNC(CC#CC(C)(C)C)Cc1ccsc1. The van der Waals surface area contributed by atoms with Crippen molar-refractivity contribution < 1.29 is 0 Å². The fourth-order valence-corrected chi connectivity index (χ4v) is 2.38. The molecule has 0 saturated carbocycles. The average Bonchev–Trinajstić information content (AvgIpc) is 2.76. The predicted octanol–water partition coefficient (Wildman–Crippen LogP) is 4.10. The molecule has 0 aromatic carbocycles. The third kappa shape index (κ3) is 6.83. The van der Waals surface area contributed by atoms with Crippen molar-refractivity contribution in [3.63, 3.8) is 0 Å². The molecule has 0 aliphatic rings. The van der Waals surface area contributed by atoms with Gasteiger partial charge in [-0.1, -0.05) is 12.8 Å². The Kier molecular flexibility index (Phi) is 6.46. The smallest absolute Gasteiger partial charge is 0.0246 e. The lowest BCUT2D eigenvalue weighted by molar-refractivity contribution is 0.515. The second-order valence-corrected chi connectivity index (χ2v) is 6.52. The van der Waals surface area contributed by atoms with Gasteiger partial charge in [-0.2, -0.15) is 11.3 Å². The van der Waals surface area contributed by atoms with Gasteiger partial charge in [0.1, 0.15) is 0 Å². The Labute approximate surface area is 116 Å². The second-order valence-electron chi connectivity index (χ2n) is 5.74. The molecule has 2 heteroatoms. The molecule has 100 valence electrons. The average molecular weight is 263 g/mol. The summed E-state index contributed by atoms with van der Waals surface area (Å²) >= 11 is 1.77. The van der Waals surface area contributed by atoms with E-state index in [-0.39, 0.29) is 5.41 Å². The van der Waals surface area contributed by atoms with Crippen LogP contribution in [0.4, 0.5) is 0 Å². The molecule has 1 aromatic rings. The fourth-order valence-electron chi connectivity index (χ4n) is 1.70. The zero-order valence-electron chi connectivity index (χ0n) is 12.0. The third-order valence-electron chi connectivity index (χ3n) is 2.56. The van der Waals surface area contributed by atoms with E-state index in [1.807, 2.05) is 0 Å². The van der Waals surface area contributed by atoms with Crippen molar-refractivity contribution in [2.45, 2.75) is 53.0 Å². The van der Waals surface area contributed by atoms with Crippen LogP contribution in [-0.4, -0.2) is 12.6 Å². The lowest BCUT2D eigenvalue weighted by Crippen LogP contribution is -2.31. The van der Waals surface area contributed by atoms with Crippen LogP contribution < -0.4 is 5.32 Å². The van der Waals surface area contributed by atoms with E-state index in [9.17, 15) is 0 Å². The first-order chi connectivity index (χ1) is 8.51. The van der Waals surface area contributed by atoms with Crippen molar-refractivity contribution in [2.75, 3.05) is 6.54 Å². The standard InChI is InChI=1S/C16H25NS/c1-5-10-17-15(7-6-9-16(2,3)4)12-14-8-11-18-13-14/h8,11,13,15,17H,5,7,10,12H2,1-4H3. The quantitative estimate of drug-likeness (QED) is 0.762. The van der Waals surface area contributed by atoms with E-state index in [0.717, 1.165) is 19.4 Å². The summed E-state index contributed by atoms with van der Waals surface area (Å²) < 4.78 is 0. The van der Waals surface area contributed by atoms with Gasteiger partial charge in [0, 0.05) is 17.9 Å². The minimum Gasteiger partial charge on any atom is -0.313 e. The minimum absolute atomic E-state index is 0.109. The Hall–Kier alpha value is -0.780. The van der Waals surface area contributed by atoms with E-state index in [0.29, 0.717) is 6.04 Å². The van der Waals surface area contributed by atoms with Gasteiger partial charge in [0.15, 0.2) is 0 Å². The number of hydrogen-bond donors (Lipinski definition) is 1. The molecule has 1 nitrogen and oxygen atoms in total. The number of hydrogen-bond acceptors (Lipinski definition) is 2. The highest BCUT2D eigenvalue weighted by molar-refractivity contribution is 7.07. The minimum atomic E-state index is 0.109. The highest BCUT2D eigenvalue weighted by atomic mass is 32.1. The molecule has 1 heterocycles. The normalized spacial score (nSPS) is 12.9. The monoisotopic (exact) mass is 263 g/mol. The van der Waals surface area contributed by atoms with E-state index < -0.39 is 0 Å². The molecule has 0 fully saturated rings. The van der Waals surface area contributed by atoms with Crippen LogP contribution in [0.3, 0.4) is 0 Å². The van der Waals surface area contributed by atoms with Gasteiger partial charge in [0.25, 0.3) is 0 Å². The molecule has 1 atom stereocenters. The molecule has 1 unspecified atom stereocenters. The van der Waals surface area contributed by atoms with Crippen molar-refractivity contribution in [3.05, 3.63) is 22.4 Å². The Morgan fingerprint density at radius 1 is 1.39 bits per heavy atom. The molecule has 0 aliphatic carbocycles. The molecule has 0 amide bonds. The van der Waals surface area contributed by atoms with Gasteiger partial charge < -0.3 is 5.32 Å². The summed E-state index contributed by atoms with van der Waals surface area (Å²) in [4.78, 5) is 0. The van der Waals surface area contributed by atoms with Gasteiger partial charge >= 0.3 is 0 Å². The maximum absolute atomic E-state index is 3.60. The highest BCUT2D eigenvalue weighted by Gasteiger charge is 2.08. The van der Waals surface area contributed by atoms with Gasteiger partial charge in [-0.05, 0) is 62.5 Å². The number of thiophene rings is 1. The highest BCUT2D eigenvalue weighted by Crippen LogP contribution is 2.12.